The van der Waals surface area contributed by atoms with Crippen molar-refractivity contribution >= 4 is 12.2 Å². The van der Waals surface area contributed by atoms with Crippen molar-refractivity contribution in [3.8, 4) is 0 Å². The highest BCUT2D eigenvalue weighted by Crippen LogP contribution is 2.23. The topological polar surface area (TPSA) is 17.0 Å². The van der Waals surface area contributed by atoms with Crippen molar-refractivity contribution in [2.75, 3.05) is 6.54 Å². The van der Waals surface area contributed by atoms with Gasteiger partial charge in [0.25, 0.3) is 0 Å². The van der Waals surface area contributed by atoms with Crippen molar-refractivity contribution in [2.24, 2.45) is 0 Å². The Kier molecular flexibility index (Phi) is 1.81. The first-order chi connectivity index (χ1) is 6.95. The van der Waals surface area contributed by atoms with Crippen LogP contribution in [-0.2, 0) is 13.1 Å². The molecule has 1 aliphatic carbocycles. The molecule has 0 saturated heterocycles. The fourth-order valence-electron chi connectivity index (χ4n) is 2.23. The van der Waals surface area contributed by atoms with Crippen molar-refractivity contribution < 1.29 is 0 Å². The Labute approximate surface area is 83.9 Å². The Hall–Kier alpha value is -1.28. The SMILES string of the molecule is C1=Cc2cc3n(c2C=CC1)CCNC3. The fourth-order valence-corrected chi connectivity index (χ4v) is 2.23. The summed E-state index contributed by atoms with van der Waals surface area (Å²) in [6.07, 6.45) is 10.0. The highest BCUT2D eigenvalue weighted by atomic mass is 15.1. The summed E-state index contributed by atoms with van der Waals surface area (Å²) in [6, 6.07) is 2.30. The van der Waals surface area contributed by atoms with Gasteiger partial charge in [0.1, 0.15) is 0 Å². The van der Waals surface area contributed by atoms with Crippen LogP contribution in [0.1, 0.15) is 23.4 Å². The molecule has 1 aliphatic heterocycles. The van der Waals surface area contributed by atoms with Crippen LogP contribution in [0.5, 0.6) is 0 Å². The standard InChI is InChI=1S/C12H14N2/c1-2-4-10-8-11-9-13-6-7-14(11)12(10)5-3-1/h2-5,8,13H,1,6-7,9H2. The Balaban J connectivity index is 2.18. The molecule has 2 aliphatic rings. The lowest BCUT2D eigenvalue weighted by molar-refractivity contribution is 0.514. The molecule has 2 heterocycles. The normalized spacial score (nSPS) is 18.9. The molecule has 14 heavy (non-hydrogen) atoms. The van der Waals surface area contributed by atoms with Crippen LogP contribution in [0.3, 0.4) is 0 Å². The van der Waals surface area contributed by atoms with Crippen molar-refractivity contribution in [3.05, 3.63) is 35.2 Å². The molecule has 0 fully saturated rings. The maximum atomic E-state index is 3.40. The van der Waals surface area contributed by atoms with Crippen LogP contribution >= 0.6 is 0 Å². The second-order valence-electron chi connectivity index (χ2n) is 3.85. The average molecular weight is 186 g/mol. The minimum absolute atomic E-state index is 1.01. The summed E-state index contributed by atoms with van der Waals surface area (Å²) in [5.74, 6) is 0. The molecule has 2 heteroatoms. The third kappa shape index (κ3) is 1.15. The van der Waals surface area contributed by atoms with Crippen molar-refractivity contribution in [2.45, 2.75) is 19.5 Å². The van der Waals surface area contributed by atoms with Gasteiger partial charge < -0.3 is 9.88 Å². The molecule has 2 nitrogen and oxygen atoms in total. The monoisotopic (exact) mass is 186 g/mol. The number of fused-ring (bicyclic) bond motifs is 3. The molecule has 0 amide bonds. The van der Waals surface area contributed by atoms with Crippen LogP contribution in [-0.4, -0.2) is 11.1 Å². The Morgan fingerprint density at radius 1 is 1.21 bits per heavy atom. The summed E-state index contributed by atoms with van der Waals surface area (Å²) in [4.78, 5) is 0. The smallest absolute Gasteiger partial charge is 0.0480 e. The highest BCUT2D eigenvalue weighted by molar-refractivity contribution is 5.66. The first kappa shape index (κ1) is 8.06. The summed E-state index contributed by atoms with van der Waals surface area (Å²) >= 11 is 0. The molecule has 0 bridgehead atoms. The van der Waals surface area contributed by atoms with E-state index in [0.29, 0.717) is 0 Å². The zero-order chi connectivity index (χ0) is 9.38. The lowest BCUT2D eigenvalue weighted by Gasteiger charge is -2.17. The molecule has 0 unspecified atom stereocenters. The third-order valence-corrected chi connectivity index (χ3v) is 2.92. The summed E-state index contributed by atoms with van der Waals surface area (Å²) in [5, 5.41) is 3.40. The maximum Gasteiger partial charge on any atom is 0.0480 e. The lowest BCUT2D eigenvalue weighted by atomic mass is 10.2. The van der Waals surface area contributed by atoms with E-state index in [1.54, 1.807) is 0 Å². The van der Waals surface area contributed by atoms with Gasteiger partial charge in [-0.3, -0.25) is 0 Å². The average Bonchev–Trinajstić information content (AvgIpc) is 2.42. The second-order valence-corrected chi connectivity index (χ2v) is 3.85. The molecule has 1 N–H and O–H groups in total. The largest absolute Gasteiger partial charge is 0.342 e. The van der Waals surface area contributed by atoms with Crippen LogP contribution in [0.25, 0.3) is 12.2 Å². The molecule has 1 aromatic rings. The van der Waals surface area contributed by atoms with Gasteiger partial charge in [-0.25, -0.2) is 0 Å². The van der Waals surface area contributed by atoms with Gasteiger partial charge in [-0.15, -0.1) is 0 Å². The van der Waals surface area contributed by atoms with E-state index in [2.05, 4.69) is 40.3 Å². The number of rotatable bonds is 0. The van der Waals surface area contributed by atoms with Crippen LogP contribution < -0.4 is 5.32 Å². The van der Waals surface area contributed by atoms with E-state index in [1.807, 2.05) is 0 Å². The predicted octanol–water partition coefficient (Wildman–Crippen LogP) is 2.02. The number of nitrogens with zero attached hydrogens (tertiary/aromatic N) is 1. The summed E-state index contributed by atoms with van der Waals surface area (Å²) < 4.78 is 2.43. The van der Waals surface area contributed by atoms with Crippen LogP contribution in [0.2, 0.25) is 0 Å². The van der Waals surface area contributed by atoms with Gasteiger partial charge in [-0.2, -0.15) is 0 Å². The van der Waals surface area contributed by atoms with Crippen LogP contribution in [0, 0.1) is 0 Å². The molecule has 0 aromatic carbocycles. The summed E-state index contributed by atoms with van der Waals surface area (Å²) in [6.45, 7) is 3.20. The third-order valence-electron chi connectivity index (χ3n) is 2.92. The Bertz CT molecular complexity index is 410. The highest BCUT2D eigenvalue weighted by Gasteiger charge is 2.14. The Morgan fingerprint density at radius 3 is 3.14 bits per heavy atom. The Morgan fingerprint density at radius 2 is 2.14 bits per heavy atom. The lowest BCUT2D eigenvalue weighted by Crippen LogP contribution is -2.28. The number of allylic oxidation sites excluding steroid dienone is 2. The van der Waals surface area contributed by atoms with Gasteiger partial charge in [0.05, 0.1) is 0 Å². The van der Waals surface area contributed by atoms with Crippen molar-refractivity contribution in [1.29, 1.82) is 0 Å². The van der Waals surface area contributed by atoms with E-state index in [4.69, 9.17) is 0 Å². The van der Waals surface area contributed by atoms with Crippen molar-refractivity contribution in [3.63, 3.8) is 0 Å². The number of hydrogen-bond acceptors (Lipinski definition) is 1. The maximum absolute atomic E-state index is 3.40. The minimum atomic E-state index is 1.01. The van der Waals surface area contributed by atoms with E-state index in [1.165, 1.54) is 17.0 Å². The number of nitrogens with one attached hydrogen (secondary N) is 1. The number of aromatic nitrogens is 1. The summed E-state index contributed by atoms with van der Waals surface area (Å²) in [5.41, 5.74) is 4.17. The summed E-state index contributed by atoms with van der Waals surface area (Å²) in [7, 11) is 0. The first-order valence-electron chi connectivity index (χ1n) is 5.21. The molecule has 1 aromatic heterocycles. The predicted molar refractivity (Wildman–Crippen MR) is 58.8 cm³/mol. The molecule has 0 saturated carbocycles. The molecule has 0 radical (unpaired) electrons. The fraction of sp³-hybridized carbons (Fsp3) is 0.333. The van der Waals surface area contributed by atoms with Gasteiger partial charge in [-0.1, -0.05) is 18.2 Å². The zero-order valence-electron chi connectivity index (χ0n) is 8.16. The van der Waals surface area contributed by atoms with Crippen LogP contribution in [0.4, 0.5) is 0 Å². The van der Waals surface area contributed by atoms with Gasteiger partial charge >= 0.3 is 0 Å². The van der Waals surface area contributed by atoms with Crippen LogP contribution in [0.15, 0.2) is 18.2 Å². The molecule has 0 spiro atoms. The number of hydrogen-bond donors (Lipinski definition) is 1. The second kappa shape index (κ2) is 3.14. The molecular formula is C12H14N2. The van der Waals surface area contributed by atoms with Gasteiger partial charge in [0, 0.05) is 31.0 Å². The van der Waals surface area contributed by atoms with Crippen molar-refractivity contribution in [1.82, 2.24) is 9.88 Å². The van der Waals surface area contributed by atoms with E-state index >= 15 is 0 Å². The molecular weight excluding hydrogens is 172 g/mol. The van der Waals surface area contributed by atoms with E-state index in [9.17, 15) is 0 Å². The molecule has 3 rings (SSSR count). The van der Waals surface area contributed by atoms with Gasteiger partial charge in [0.15, 0.2) is 0 Å². The van der Waals surface area contributed by atoms with Gasteiger partial charge in [0.2, 0.25) is 0 Å². The van der Waals surface area contributed by atoms with E-state index < -0.39 is 0 Å². The molecule has 72 valence electrons. The van der Waals surface area contributed by atoms with E-state index in [0.717, 1.165) is 26.1 Å². The minimum Gasteiger partial charge on any atom is -0.342 e. The van der Waals surface area contributed by atoms with E-state index in [-0.39, 0.29) is 0 Å². The quantitative estimate of drug-likeness (QED) is 0.656. The zero-order valence-corrected chi connectivity index (χ0v) is 8.16. The molecule has 0 atom stereocenters. The van der Waals surface area contributed by atoms with Gasteiger partial charge in [-0.05, 0) is 24.1 Å². The first-order valence-corrected chi connectivity index (χ1v) is 5.21.